The number of hydrazine groups is 1. The van der Waals surface area contributed by atoms with E-state index in [0.717, 1.165) is 54.7 Å². The summed E-state index contributed by atoms with van der Waals surface area (Å²) >= 11 is 1.35. The number of nitrogens with zero attached hydrogens (tertiary/aromatic N) is 1. The third-order valence-electron chi connectivity index (χ3n) is 4.67. The van der Waals surface area contributed by atoms with Gasteiger partial charge in [0.15, 0.2) is 4.90 Å². The second-order valence-corrected chi connectivity index (χ2v) is 9.41. The van der Waals surface area contributed by atoms with E-state index < -0.39 is 31.4 Å². The lowest BCUT2D eigenvalue weighted by Gasteiger charge is -2.09. The molecule has 2 N–H and O–H groups in total. The number of benzene rings is 1. The Morgan fingerprint density at radius 3 is 2.59 bits per heavy atom. The van der Waals surface area contributed by atoms with Crippen LogP contribution in [0.3, 0.4) is 0 Å². The summed E-state index contributed by atoms with van der Waals surface area (Å²) in [5, 5.41) is 11.2. The Hall–Kier alpha value is -2.50. The lowest BCUT2D eigenvalue weighted by Crippen LogP contribution is -2.41. The van der Waals surface area contributed by atoms with E-state index in [-0.39, 0.29) is 5.75 Å². The summed E-state index contributed by atoms with van der Waals surface area (Å²) in [6.07, 6.45) is 6.29. The number of amides is 1. The first kappa shape index (κ1) is 21.2. The second kappa shape index (κ2) is 8.89. The highest BCUT2D eigenvalue weighted by Gasteiger charge is 2.27. The molecule has 9 nitrogen and oxygen atoms in total. The smallest absolute Gasteiger partial charge is 0.293 e. The summed E-state index contributed by atoms with van der Waals surface area (Å²) in [6.45, 7) is 0. The van der Waals surface area contributed by atoms with Crippen LogP contribution in [0.15, 0.2) is 29.2 Å². The predicted octanol–water partition coefficient (Wildman–Crippen LogP) is 2.95. The van der Waals surface area contributed by atoms with Gasteiger partial charge in [0.25, 0.3) is 21.6 Å². The molecule has 0 atom stereocenters. The van der Waals surface area contributed by atoms with Crippen molar-refractivity contribution in [2.75, 3.05) is 7.11 Å². The van der Waals surface area contributed by atoms with Gasteiger partial charge in [0.05, 0.1) is 23.0 Å². The van der Waals surface area contributed by atoms with Gasteiger partial charge in [-0.1, -0.05) is 12.8 Å². The lowest BCUT2D eigenvalue weighted by atomic mass is 10.00. The van der Waals surface area contributed by atoms with Crippen LogP contribution in [0, 0.1) is 10.1 Å². The van der Waals surface area contributed by atoms with Gasteiger partial charge in [-0.25, -0.2) is 8.42 Å². The summed E-state index contributed by atoms with van der Waals surface area (Å²) < 4.78 is 29.9. The molecule has 0 spiro atoms. The zero-order valence-corrected chi connectivity index (χ0v) is 17.4. The average Bonchev–Trinajstić information content (AvgIpc) is 3.07. The van der Waals surface area contributed by atoms with Gasteiger partial charge in [0.2, 0.25) is 0 Å². The number of carbonyl (C=O) groups excluding carboxylic acids is 1. The van der Waals surface area contributed by atoms with Crippen LogP contribution in [0.2, 0.25) is 0 Å². The number of carbonyl (C=O) groups is 1. The van der Waals surface area contributed by atoms with Crippen molar-refractivity contribution in [3.8, 4) is 5.75 Å². The van der Waals surface area contributed by atoms with E-state index in [4.69, 9.17) is 4.74 Å². The summed E-state index contributed by atoms with van der Waals surface area (Å²) in [6, 6.07) is 5.16. The number of nitro benzene ring substituents is 1. The molecular formula is C18H21N3O6S2. The molecule has 0 bridgehead atoms. The van der Waals surface area contributed by atoms with Gasteiger partial charge in [-0.05, 0) is 49.4 Å². The first-order valence-corrected chi connectivity index (χ1v) is 11.4. The van der Waals surface area contributed by atoms with Crippen LogP contribution >= 0.6 is 11.3 Å². The minimum Gasteiger partial charge on any atom is -0.497 e. The maximum atomic E-state index is 12.5. The molecule has 3 rings (SSSR count). The SMILES string of the molecule is COc1ccc(S(=O)(=O)NNC(=O)c2cc3c(s2)CCCCCC3)c([N+](=O)[O-])c1. The van der Waals surface area contributed by atoms with Crippen LogP contribution in [0.4, 0.5) is 5.69 Å². The van der Waals surface area contributed by atoms with Crippen molar-refractivity contribution in [1.29, 1.82) is 0 Å². The second-order valence-electron chi connectivity index (χ2n) is 6.62. The largest absolute Gasteiger partial charge is 0.497 e. The minimum absolute atomic E-state index is 0.149. The summed E-state index contributed by atoms with van der Waals surface area (Å²) in [4.78, 5) is 25.8. The van der Waals surface area contributed by atoms with Crippen molar-refractivity contribution in [3.63, 3.8) is 0 Å². The van der Waals surface area contributed by atoms with Gasteiger partial charge < -0.3 is 4.74 Å². The Morgan fingerprint density at radius 2 is 1.90 bits per heavy atom. The molecule has 29 heavy (non-hydrogen) atoms. The van der Waals surface area contributed by atoms with Crippen LogP contribution in [-0.4, -0.2) is 26.4 Å². The Bertz CT molecular complexity index is 1010. The summed E-state index contributed by atoms with van der Waals surface area (Å²) in [5.74, 6) is -0.447. The first-order valence-electron chi connectivity index (χ1n) is 9.08. The number of methoxy groups -OCH3 is 1. The molecule has 0 radical (unpaired) electrons. The fraction of sp³-hybridized carbons (Fsp3) is 0.389. The minimum atomic E-state index is -4.35. The lowest BCUT2D eigenvalue weighted by molar-refractivity contribution is -0.387. The number of nitrogens with one attached hydrogen (secondary N) is 2. The van der Waals surface area contributed by atoms with Gasteiger partial charge >= 0.3 is 0 Å². The van der Waals surface area contributed by atoms with Crippen molar-refractivity contribution in [1.82, 2.24) is 10.3 Å². The van der Waals surface area contributed by atoms with Crippen molar-refractivity contribution in [2.45, 2.75) is 43.4 Å². The van der Waals surface area contributed by atoms with Crippen LogP contribution < -0.4 is 15.0 Å². The fourth-order valence-corrected chi connectivity index (χ4v) is 5.32. The fourth-order valence-electron chi connectivity index (χ4n) is 3.18. The maximum absolute atomic E-state index is 12.5. The number of aryl methyl sites for hydroxylation is 2. The third-order valence-corrected chi connectivity index (χ3v) is 7.20. The zero-order valence-electron chi connectivity index (χ0n) is 15.8. The van der Waals surface area contributed by atoms with Gasteiger partial charge in [0, 0.05) is 4.88 Å². The van der Waals surface area contributed by atoms with Gasteiger partial charge in [0.1, 0.15) is 5.75 Å². The molecular weight excluding hydrogens is 418 g/mol. The first-order chi connectivity index (χ1) is 13.8. The number of ether oxygens (including phenoxy) is 1. The quantitative estimate of drug-likeness (QED) is 0.526. The van der Waals surface area contributed by atoms with E-state index >= 15 is 0 Å². The average molecular weight is 440 g/mol. The molecule has 0 aliphatic heterocycles. The number of sulfonamides is 1. The van der Waals surface area contributed by atoms with Crippen LogP contribution in [0.1, 0.15) is 45.8 Å². The van der Waals surface area contributed by atoms with E-state index in [9.17, 15) is 23.3 Å². The highest BCUT2D eigenvalue weighted by atomic mass is 32.2. The van der Waals surface area contributed by atoms with Crippen molar-refractivity contribution < 1.29 is 22.9 Å². The third kappa shape index (κ3) is 4.92. The van der Waals surface area contributed by atoms with Crippen molar-refractivity contribution in [2.24, 2.45) is 0 Å². The van der Waals surface area contributed by atoms with Crippen LogP contribution in [0.5, 0.6) is 5.75 Å². The Balaban J connectivity index is 1.76. The summed E-state index contributed by atoms with van der Waals surface area (Å²) in [5.41, 5.74) is 2.64. The molecule has 1 aromatic heterocycles. The predicted molar refractivity (Wildman–Crippen MR) is 108 cm³/mol. The van der Waals surface area contributed by atoms with E-state index in [2.05, 4.69) is 5.43 Å². The standard InChI is InChI=1S/C18H21N3O6S2/c1-27-13-8-9-17(14(11-13)21(23)24)29(25,26)20-19-18(22)16-10-12-6-4-2-3-5-7-15(12)28-16/h8-11,20H,2-7H2,1H3,(H,19,22). The number of nitro groups is 1. The van der Waals surface area contributed by atoms with E-state index in [1.54, 1.807) is 6.07 Å². The topological polar surface area (TPSA) is 128 Å². The van der Waals surface area contributed by atoms with Crippen LogP contribution in [-0.2, 0) is 22.9 Å². The molecule has 1 aliphatic carbocycles. The number of thiophene rings is 1. The summed E-state index contributed by atoms with van der Waals surface area (Å²) in [7, 11) is -3.04. The molecule has 2 aromatic rings. The Morgan fingerprint density at radius 1 is 1.17 bits per heavy atom. The van der Waals surface area contributed by atoms with Crippen LogP contribution in [0.25, 0.3) is 0 Å². The molecule has 0 fully saturated rings. The van der Waals surface area contributed by atoms with E-state index in [0.29, 0.717) is 4.88 Å². The van der Waals surface area contributed by atoms with Gasteiger partial charge in [-0.15, -0.1) is 16.2 Å². The number of hydrogen-bond acceptors (Lipinski definition) is 7. The molecule has 156 valence electrons. The normalized spacial score (nSPS) is 14.4. The molecule has 1 aromatic carbocycles. The van der Waals surface area contributed by atoms with Gasteiger partial charge in [-0.2, -0.15) is 0 Å². The molecule has 1 amide bonds. The van der Waals surface area contributed by atoms with E-state index in [1.807, 2.05) is 4.83 Å². The zero-order chi connectivity index (χ0) is 21.0. The highest BCUT2D eigenvalue weighted by molar-refractivity contribution is 7.89. The number of fused-ring (bicyclic) bond motifs is 1. The van der Waals surface area contributed by atoms with Gasteiger partial charge in [-0.3, -0.25) is 20.3 Å². The highest BCUT2D eigenvalue weighted by Crippen LogP contribution is 2.29. The van der Waals surface area contributed by atoms with Crippen molar-refractivity contribution in [3.05, 3.63) is 49.7 Å². The Labute approximate surface area is 172 Å². The number of rotatable bonds is 6. The molecule has 0 saturated carbocycles. The van der Waals surface area contributed by atoms with E-state index in [1.165, 1.54) is 30.9 Å². The molecule has 11 heteroatoms. The van der Waals surface area contributed by atoms with Crippen molar-refractivity contribution >= 4 is 33.0 Å². The Kier molecular flexibility index (Phi) is 6.50. The molecule has 1 aliphatic rings. The molecule has 0 saturated heterocycles. The number of hydrogen-bond donors (Lipinski definition) is 2. The molecule has 1 heterocycles. The molecule has 0 unspecified atom stereocenters. The monoisotopic (exact) mass is 439 g/mol. The maximum Gasteiger partial charge on any atom is 0.293 e.